The van der Waals surface area contributed by atoms with E-state index in [2.05, 4.69) is 4.98 Å². The van der Waals surface area contributed by atoms with Gasteiger partial charge in [0.05, 0.1) is 19.1 Å². The van der Waals surface area contributed by atoms with Crippen LogP contribution < -0.4 is 19.5 Å². The lowest BCUT2D eigenvalue weighted by molar-refractivity contribution is 0.256. The van der Waals surface area contributed by atoms with Crippen LogP contribution in [0.5, 0.6) is 11.6 Å². The Morgan fingerprint density at radius 2 is 1.78 bits per heavy atom. The number of urea groups is 1. The van der Waals surface area contributed by atoms with Crippen molar-refractivity contribution in [2.24, 2.45) is 5.73 Å². The average Bonchev–Trinajstić information content (AvgIpc) is 2.54. The fraction of sp³-hybridized carbons (Fsp3) is 0.143. The van der Waals surface area contributed by atoms with E-state index in [1.54, 1.807) is 6.07 Å². The van der Waals surface area contributed by atoms with Gasteiger partial charge in [-0.1, -0.05) is 18.2 Å². The highest BCUT2D eigenvalue weighted by molar-refractivity contribution is 7.93. The number of hydrogen-bond donors (Lipinski definition) is 1. The minimum Gasteiger partial charge on any atom is -0.496 e. The number of carbonyl (C=O) groups is 1. The zero-order chi connectivity index (χ0) is 17.0. The first-order chi connectivity index (χ1) is 10.9. The second-order valence-electron chi connectivity index (χ2n) is 4.33. The van der Waals surface area contributed by atoms with Gasteiger partial charge in [0.15, 0.2) is 5.82 Å². The topological polar surface area (TPSA) is 112 Å². The highest BCUT2D eigenvalue weighted by Gasteiger charge is 2.31. The Hall–Kier alpha value is -2.81. The third kappa shape index (κ3) is 3.34. The van der Waals surface area contributed by atoms with Gasteiger partial charge in [0, 0.05) is 12.1 Å². The Balaban J connectivity index is 2.62. The van der Waals surface area contributed by atoms with E-state index in [1.807, 2.05) is 0 Å². The molecule has 8 nitrogen and oxygen atoms in total. The summed E-state index contributed by atoms with van der Waals surface area (Å²) in [6, 6.07) is 8.94. The van der Waals surface area contributed by atoms with Gasteiger partial charge in [0.25, 0.3) is 10.0 Å². The van der Waals surface area contributed by atoms with Gasteiger partial charge in [0.1, 0.15) is 5.75 Å². The van der Waals surface area contributed by atoms with Gasteiger partial charge in [-0.25, -0.2) is 13.2 Å². The van der Waals surface area contributed by atoms with Crippen LogP contribution in [0, 0.1) is 0 Å². The van der Waals surface area contributed by atoms with Crippen LogP contribution in [0.1, 0.15) is 0 Å². The molecule has 23 heavy (non-hydrogen) atoms. The summed E-state index contributed by atoms with van der Waals surface area (Å²) in [5.41, 5.74) is 5.26. The summed E-state index contributed by atoms with van der Waals surface area (Å²) in [6.07, 6.45) is 0. The van der Waals surface area contributed by atoms with E-state index in [9.17, 15) is 13.2 Å². The molecule has 2 rings (SSSR count). The summed E-state index contributed by atoms with van der Waals surface area (Å²) in [7, 11) is -1.48. The van der Waals surface area contributed by atoms with Crippen LogP contribution in [0.25, 0.3) is 0 Å². The van der Waals surface area contributed by atoms with Gasteiger partial charge in [-0.2, -0.15) is 9.29 Å². The molecule has 0 aliphatic carbocycles. The van der Waals surface area contributed by atoms with E-state index in [1.165, 1.54) is 50.6 Å². The molecule has 0 aliphatic rings. The van der Waals surface area contributed by atoms with Gasteiger partial charge >= 0.3 is 6.03 Å². The number of hydrogen-bond acceptors (Lipinski definition) is 6. The molecule has 1 heterocycles. The summed E-state index contributed by atoms with van der Waals surface area (Å²) in [5, 5.41) is 0. The maximum absolute atomic E-state index is 12.7. The van der Waals surface area contributed by atoms with Crippen molar-refractivity contribution < 1.29 is 22.7 Å². The molecule has 2 N–H and O–H groups in total. The third-order valence-corrected chi connectivity index (χ3v) is 4.61. The molecule has 0 unspecified atom stereocenters. The molecule has 0 atom stereocenters. The molecule has 1 aromatic heterocycles. The van der Waals surface area contributed by atoms with Crippen LogP contribution in [-0.2, 0) is 10.0 Å². The number of anilines is 1. The smallest absolute Gasteiger partial charge is 0.334 e. The predicted molar refractivity (Wildman–Crippen MR) is 83.0 cm³/mol. The first-order valence-electron chi connectivity index (χ1n) is 6.40. The fourth-order valence-electron chi connectivity index (χ4n) is 1.85. The van der Waals surface area contributed by atoms with Gasteiger partial charge in [-0.3, -0.25) is 0 Å². The lowest BCUT2D eigenvalue weighted by Crippen LogP contribution is -2.41. The second kappa shape index (κ2) is 6.53. The van der Waals surface area contributed by atoms with Crippen molar-refractivity contribution in [1.29, 1.82) is 0 Å². The lowest BCUT2D eigenvalue weighted by Gasteiger charge is -2.20. The normalized spacial score (nSPS) is 10.9. The minimum absolute atomic E-state index is 0.0776. The van der Waals surface area contributed by atoms with E-state index in [0.717, 1.165) is 0 Å². The molecule has 0 saturated carbocycles. The number of amides is 2. The van der Waals surface area contributed by atoms with Crippen molar-refractivity contribution in [3.05, 3.63) is 42.5 Å². The summed E-state index contributed by atoms with van der Waals surface area (Å²) in [5.74, 6) is 0.118. The van der Waals surface area contributed by atoms with Crippen LogP contribution in [0.4, 0.5) is 10.6 Å². The number of benzene rings is 1. The van der Waals surface area contributed by atoms with Crippen LogP contribution in [0.15, 0.2) is 47.4 Å². The molecule has 2 aromatic rings. The Morgan fingerprint density at radius 1 is 1.13 bits per heavy atom. The van der Waals surface area contributed by atoms with Gasteiger partial charge < -0.3 is 15.2 Å². The number of ether oxygens (including phenoxy) is 2. The Kier molecular flexibility index (Phi) is 4.70. The maximum atomic E-state index is 12.7. The minimum atomic E-state index is -4.22. The second-order valence-corrected chi connectivity index (χ2v) is 6.11. The number of sulfonamides is 1. The monoisotopic (exact) mass is 337 g/mol. The summed E-state index contributed by atoms with van der Waals surface area (Å²) in [6.45, 7) is 0. The zero-order valence-corrected chi connectivity index (χ0v) is 13.3. The molecular weight excluding hydrogens is 322 g/mol. The number of nitrogens with zero attached hydrogens (tertiary/aromatic N) is 2. The Labute approximate surface area is 133 Å². The first kappa shape index (κ1) is 16.6. The van der Waals surface area contributed by atoms with Crippen molar-refractivity contribution in [2.45, 2.75) is 4.90 Å². The highest BCUT2D eigenvalue weighted by Crippen LogP contribution is 2.28. The third-order valence-electron chi connectivity index (χ3n) is 2.90. The molecule has 0 aliphatic heterocycles. The van der Waals surface area contributed by atoms with Gasteiger partial charge in [-0.15, -0.1) is 0 Å². The molecule has 122 valence electrons. The SMILES string of the molecule is COc1cc(OC)nc(N(C(N)=O)S(=O)(=O)c2ccccc2)c1. The molecular formula is C14H15N3O5S. The number of aromatic nitrogens is 1. The van der Waals surface area contributed by atoms with Gasteiger partial charge in [-0.05, 0) is 12.1 Å². The molecule has 0 saturated heterocycles. The maximum Gasteiger partial charge on any atom is 0.334 e. The standard InChI is InChI=1S/C14H15N3O5S/c1-21-10-8-12(16-13(9-10)22-2)17(14(15)18)23(19,20)11-6-4-3-5-7-11/h3-9H,1-2H3,(H2,15,18). The summed E-state index contributed by atoms with van der Waals surface area (Å²) >= 11 is 0. The quantitative estimate of drug-likeness (QED) is 0.882. The van der Waals surface area contributed by atoms with E-state index < -0.39 is 16.1 Å². The van der Waals surface area contributed by atoms with E-state index in [4.69, 9.17) is 15.2 Å². The number of carbonyl (C=O) groups excluding carboxylic acids is 1. The number of primary amides is 1. The lowest BCUT2D eigenvalue weighted by atomic mass is 10.4. The molecule has 2 amide bonds. The van der Waals surface area contributed by atoms with Crippen LogP contribution in [0.3, 0.4) is 0 Å². The summed E-state index contributed by atoms with van der Waals surface area (Å²) in [4.78, 5) is 15.6. The predicted octanol–water partition coefficient (Wildman–Crippen LogP) is 1.37. The summed E-state index contributed by atoms with van der Waals surface area (Å²) < 4.78 is 35.8. The molecule has 9 heteroatoms. The van der Waals surface area contributed by atoms with Crippen molar-refractivity contribution >= 4 is 21.9 Å². The van der Waals surface area contributed by atoms with Crippen LogP contribution in [-0.4, -0.2) is 33.7 Å². The molecule has 0 fully saturated rings. The van der Waals surface area contributed by atoms with Crippen molar-refractivity contribution in [3.8, 4) is 11.6 Å². The average molecular weight is 337 g/mol. The number of nitrogens with two attached hydrogens (primary N) is 1. The Morgan fingerprint density at radius 3 is 2.30 bits per heavy atom. The molecule has 0 bridgehead atoms. The molecule has 0 spiro atoms. The van der Waals surface area contributed by atoms with Crippen molar-refractivity contribution in [3.63, 3.8) is 0 Å². The van der Waals surface area contributed by atoms with E-state index in [-0.39, 0.29) is 22.3 Å². The number of methoxy groups -OCH3 is 2. The fourth-order valence-corrected chi connectivity index (χ4v) is 3.14. The van der Waals surface area contributed by atoms with Crippen molar-refractivity contribution in [2.75, 3.05) is 18.5 Å². The number of pyridine rings is 1. The van der Waals surface area contributed by atoms with Crippen molar-refractivity contribution in [1.82, 2.24) is 4.98 Å². The largest absolute Gasteiger partial charge is 0.496 e. The Bertz CT molecular complexity index is 786. The highest BCUT2D eigenvalue weighted by atomic mass is 32.2. The van der Waals surface area contributed by atoms with Crippen LogP contribution >= 0.6 is 0 Å². The molecule has 1 aromatic carbocycles. The first-order valence-corrected chi connectivity index (χ1v) is 7.84. The van der Waals surface area contributed by atoms with Crippen LogP contribution in [0.2, 0.25) is 0 Å². The van der Waals surface area contributed by atoms with E-state index >= 15 is 0 Å². The van der Waals surface area contributed by atoms with Gasteiger partial charge in [0.2, 0.25) is 5.88 Å². The molecule has 0 radical (unpaired) electrons. The number of rotatable bonds is 5. The van der Waals surface area contributed by atoms with E-state index in [0.29, 0.717) is 4.31 Å². The zero-order valence-electron chi connectivity index (χ0n) is 12.5.